The van der Waals surface area contributed by atoms with Gasteiger partial charge in [0, 0.05) is 24.4 Å². The largest absolute Gasteiger partial charge is 0.479 e. The first-order valence-electron chi connectivity index (χ1n) is 16.3. The van der Waals surface area contributed by atoms with E-state index < -0.39 is 64.5 Å². The van der Waals surface area contributed by atoms with Gasteiger partial charge >= 0.3 is 12.1 Å². The van der Waals surface area contributed by atoms with Crippen molar-refractivity contribution in [2.75, 3.05) is 6.54 Å². The molecule has 3 aromatic rings. The van der Waals surface area contributed by atoms with Gasteiger partial charge in [-0.3, -0.25) is 9.59 Å². The molecule has 0 radical (unpaired) electrons. The van der Waals surface area contributed by atoms with E-state index in [9.17, 15) is 24.3 Å². The SMILES string of the molecule is C=CC1CC1(NC(=O)C1CC(n2nnc(-c3ccc(-c4ccc(C#N)cc4)cc3)n2)CN1C(=O)C(NC(=O)OC(C)(C)C)C(C)(C)C)C(=O)O. The van der Waals surface area contributed by atoms with Crippen LogP contribution in [0.3, 0.4) is 0 Å². The summed E-state index contributed by atoms with van der Waals surface area (Å²) in [5.74, 6) is -2.49. The molecule has 14 nitrogen and oxygen atoms in total. The molecule has 2 aromatic carbocycles. The number of ether oxygens (including phenoxy) is 1. The Kier molecular flexibility index (Phi) is 9.56. The highest BCUT2D eigenvalue weighted by atomic mass is 16.6. The molecular formula is C36H42N8O6. The second-order valence-corrected chi connectivity index (χ2v) is 14.9. The molecule has 2 fully saturated rings. The van der Waals surface area contributed by atoms with Crippen LogP contribution in [0, 0.1) is 22.7 Å². The number of benzene rings is 2. The zero-order chi connectivity index (χ0) is 36.6. The predicted molar refractivity (Wildman–Crippen MR) is 182 cm³/mol. The van der Waals surface area contributed by atoms with Crippen LogP contribution in [0.5, 0.6) is 0 Å². The van der Waals surface area contributed by atoms with Crippen molar-refractivity contribution in [1.29, 1.82) is 5.26 Å². The van der Waals surface area contributed by atoms with Gasteiger partial charge in [0.25, 0.3) is 0 Å². The number of nitrogens with one attached hydrogen (secondary N) is 2. The molecule has 0 bridgehead atoms. The van der Waals surface area contributed by atoms with Crippen LogP contribution in [-0.2, 0) is 19.1 Å². The van der Waals surface area contributed by atoms with Gasteiger partial charge in [0.15, 0.2) is 0 Å². The summed E-state index contributed by atoms with van der Waals surface area (Å²) >= 11 is 0. The molecular weight excluding hydrogens is 640 g/mol. The van der Waals surface area contributed by atoms with Crippen molar-refractivity contribution in [2.45, 2.75) is 83.6 Å². The number of hydrogen-bond acceptors (Lipinski definition) is 9. The van der Waals surface area contributed by atoms with Crippen molar-refractivity contribution in [2.24, 2.45) is 11.3 Å². The zero-order valence-corrected chi connectivity index (χ0v) is 29.0. The standard InChI is InChI=1S/C36H42N8O6/c1-8-25-18-36(25,32(47)48)39-30(45)27-17-26(20-43(27)31(46)28(34(2,3)4)38-33(49)50-35(5,6)7)44-41-29(40-42-44)24-15-13-23(14-16-24)22-11-9-21(19-37)10-12-22/h8-16,25-28H,1,17-18,20H2,2-7H3,(H,38,49)(H,39,45)(H,47,48). The van der Waals surface area contributed by atoms with Crippen LogP contribution in [0.25, 0.3) is 22.5 Å². The lowest BCUT2D eigenvalue weighted by Gasteiger charge is -2.36. The van der Waals surface area contributed by atoms with Crippen molar-refractivity contribution in [1.82, 2.24) is 35.7 Å². The van der Waals surface area contributed by atoms with Crippen molar-refractivity contribution in [3.05, 3.63) is 66.7 Å². The Morgan fingerprint density at radius 1 is 1.04 bits per heavy atom. The van der Waals surface area contributed by atoms with Crippen molar-refractivity contribution < 1.29 is 29.0 Å². The van der Waals surface area contributed by atoms with Crippen LogP contribution >= 0.6 is 0 Å². The molecule has 50 heavy (non-hydrogen) atoms. The van der Waals surface area contributed by atoms with Crippen LogP contribution in [0.4, 0.5) is 4.79 Å². The number of amides is 3. The minimum Gasteiger partial charge on any atom is -0.479 e. The fourth-order valence-corrected chi connectivity index (χ4v) is 6.08. The first-order valence-corrected chi connectivity index (χ1v) is 16.3. The fraction of sp³-hybridized carbons (Fsp3) is 0.444. The van der Waals surface area contributed by atoms with Gasteiger partial charge in [-0.15, -0.1) is 16.8 Å². The smallest absolute Gasteiger partial charge is 0.408 e. The van der Waals surface area contributed by atoms with E-state index in [2.05, 4.69) is 38.7 Å². The molecule has 1 aliphatic carbocycles. The van der Waals surface area contributed by atoms with Crippen LogP contribution in [0.2, 0.25) is 0 Å². The highest BCUT2D eigenvalue weighted by Gasteiger charge is 2.61. The number of alkyl carbamates (subject to hydrolysis) is 1. The highest BCUT2D eigenvalue weighted by molar-refractivity contribution is 5.96. The average molecular weight is 683 g/mol. The summed E-state index contributed by atoms with van der Waals surface area (Å²) in [6, 6.07) is 14.1. The summed E-state index contributed by atoms with van der Waals surface area (Å²) in [4.78, 5) is 55.9. The van der Waals surface area contributed by atoms with E-state index in [0.717, 1.165) is 11.1 Å². The van der Waals surface area contributed by atoms with Crippen LogP contribution < -0.4 is 10.6 Å². The lowest BCUT2D eigenvalue weighted by atomic mass is 9.85. The number of carboxylic acid groups (broad SMARTS) is 1. The third-order valence-electron chi connectivity index (χ3n) is 8.91. The first-order chi connectivity index (χ1) is 23.5. The Bertz CT molecular complexity index is 1830. The number of aromatic nitrogens is 4. The predicted octanol–water partition coefficient (Wildman–Crippen LogP) is 4.11. The second kappa shape index (κ2) is 13.4. The van der Waals surface area contributed by atoms with E-state index in [-0.39, 0.29) is 19.4 Å². The summed E-state index contributed by atoms with van der Waals surface area (Å²) in [6.45, 7) is 14.2. The molecule has 1 saturated heterocycles. The maximum Gasteiger partial charge on any atom is 0.408 e. The van der Waals surface area contributed by atoms with Gasteiger partial charge in [0.05, 0.1) is 17.7 Å². The molecule has 5 unspecified atom stereocenters. The van der Waals surface area contributed by atoms with E-state index >= 15 is 0 Å². The number of nitrogens with zero attached hydrogens (tertiary/aromatic N) is 6. The Morgan fingerprint density at radius 2 is 1.64 bits per heavy atom. The molecule has 3 amide bonds. The zero-order valence-electron chi connectivity index (χ0n) is 29.0. The number of aliphatic carboxylic acids is 1. The quantitative estimate of drug-likeness (QED) is 0.277. The van der Waals surface area contributed by atoms with Gasteiger partial charge in [-0.25, -0.2) is 9.59 Å². The molecule has 2 heterocycles. The first kappa shape index (κ1) is 35.7. The van der Waals surface area contributed by atoms with Crippen LogP contribution in [0.1, 0.15) is 66.0 Å². The number of hydrogen-bond donors (Lipinski definition) is 3. The molecule has 1 saturated carbocycles. The summed E-state index contributed by atoms with van der Waals surface area (Å²) < 4.78 is 5.43. The molecule has 5 atom stereocenters. The van der Waals surface area contributed by atoms with Crippen molar-refractivity contribution in [3.63, 3.8) is 0 Å². The number of tetrazole rings is 1. The van der Waals surface area contributed by atoms with Crippen molar-refractivity contribution in [3.8, 4) is 28.6 Å². The monoisotopic (exact) mass is 682 g/mol. The van der Waals surface area contributed by atoms with Gasteiger partial charge in [0.1, 0.15) is 23.2 Å². The lowest BCUT2D eigenvalue weighted by Crippen LogP contribution is -2.59. The molecule has 5 rings (SSSR count). The molecule has 1 aliphatic heterocycles. The summed E-state index contributed by atoms with van der Waals surface area (Å²) in [6.07, 6.45) is 0.965. The Morgan fingerprint density at radius 3 is 2.16 bits per heavy atom. The van der Waals surface area contributed by atoms with Crippen LogP contribution in [-0.4, -0.2) is 83.9 Å². The normalized spacial score (nSPS) is 22.2. The summed E-state index contributed by atoms with van der Waals surface area (Å²) in [7, 11) is 0. The number of carboxylic acids is 1. The Hall–Kier alpha value is -5.58. The highest BCUT2D eigenvalue weighted by Crippen LogP contribution is 2.45. The van der Waals surface area contributed by atoms with Gasteiger partial charge in [0.2, 0.25) is 17.6 Å². The molecule has 3 N–H and O–H groups in total. The number of nitriles is 1. The maximum absolute atomic E-state index is 14.3. The molecule has 14 heteroatoms. The van der Waals surface area contributed by atoms with Gasteiger partial charge in [-0.2, -0.15) is 10.1 Å². The summed E-state index contributed by atoms with van der Waals surface area (Å²) in [5.41, 5.74) is 0.0314. The van der Waals surface area contributed by atoms with E-state index in [4.69, 9.17) is 10.00 Å². The lowest BCUT2D eigenvalue weighted by molar-refractivity contribution is -0.146. The van der Waals surface area contributed by atoms with E-state index in [1.54, 1.807) is 53.7 Å². The maximum atomic E-state index is 14.3. The molecule has 1 aromatic heterocycles. The van der Waals surface area contributed by atoms with Crippen molar-refractivity contribution >= 4 is 23.9 Å². The van der Waals surface area contributed by atoms with Crippen LogP contribution in [0.15, 0.2) is 61.2 Å². The third-order valence-corrected chi connectivity index (χ3v) is 8.91. The van der Waals surface area contributed by atoms with Gasteiger partial charge < -0.3 is 25.4 Å². The van der Waals surface area contributed by atoms with Gasteiger partial charge in [-0.05, 0) is 61.1 Å². The Labute approximate surface area is 290 Å². The number of rotatable bonds is 9. The topological polar surface area (TPSA) is 192 Å². The number of likely N-dealkylation sites (tertiary alicyclic amines) is 1. The number of carbonyl (C=O) groups excluding carboxylic acids is 3. The Balaban J connectivity index is 1.41. The molecule has 0 spiro atoms. The molecule has 262 valence electrons. The third kappa shape index (κ3) is 7.51. The van der Waals surface area contributed by atoms with Gasteiger partial charge in [-0.1, -0.05) is 63.2 Å². The second-order valence-electron chi connectivity index (χ2n) is 14.9. The minimum atomic E-state index is -1.51. The summed E-state index contributed by atoms with van der Waals surface area (Å²) in [5, 5.41) is 37.5. The van der Waals surface area contributed by atoms with E-state index in [1.807, 2.05) is 36.4 Å². The fourth-order valence-electron chi connectivity index (χ4n) is 6.08. The van der Waals surface area contributed by atoms with E-state index in [0.29, 0.717) is 17.0 Å². The molecule has 2 aliphatic rings. The van der Waals surface area contributed by atoms with E-state index in [1.165, 1.54) is 15.8 Å². The minimum absolute atomic E-state index is 0.00210. The number of carbonyl (C=O) groups is 4. The average Bonchev–Trinajstić information content (AvgIpc) is 3.35.